The molecule has 6 heteroatoms. The topological polar surface area (TPSA) is 67.9 Å². The van der Waals surface area contributed by atoms with Gasteiger partial charge in [0.2, 0.25) is 18.6 Å². The summed E-state index contributed by atoms with van der Waals surface area (Å²) < 4.78 is 10.6. The van der Waals surface area contributed by atoms with Crippen LogP contribution in [-0.4, -0.2) is 36.6 Å². The van der Waals surface area contributed by atoms with Crippen LogP contribution in [0, 0.1) is 5.92 Å². The highest BCUT2D eigenvalue weighted by Crippen LogP contribution is 2.34. The highest BCUT2D eigenvalue weighted by Gasteiger charge is 2.28. The fourth-order valence-corrected chi connectivity index (χ4v) is 3.90. The second-order valence-corrected chi connectivity index (χ2v) is 7.73. The molecule has 4 rings (SSSR count). The van der Waals surface area contributed by atoms with Gasteiger partial charge >= 0.3 is 0 Å². The normalized spacial score (nSPS) is 17.1. The third-order valence-electron chi connectivity index (χ3n) is 5.71. The van der Waals surface area contributed by atoms with Crippen molar-refractivity contribution in [1.29, 1.82) is 0 Å². The number of benzene rings is 2. The molecule has 0 aromatic heterocycles. The lowest BCUT2D eigenvalue weighted by atomic mass is 9.93. The molecule has 2 heterocycles. The average molecular weight is 394 g/mol. The molecular weight excluding hydrogens is 368 g/mol. The summed E-state index contributed by atoms with van der Waals surface area (Å²) in [6.45, 7) is 3.54. The standard InChI is InChI=1S/C23H26N2O4/c1-16(17-5-3-2-4-6-17)13-22(26)25-11-9-18(10-12-25)23(27)24-19-7-8-20-21(14-19)29-15-28-20/h2-8,14,16,18H,9-13,15H2,1H3,(H,24,27). The van der Waals surface area contributed by atoms with Gasteiger partial charge in [-0.25, -0.2) is 0 Å². The number of nitrogens with zero attached hydrogens (tertiary/aromatic N) is 1. The number of carbonyl (C=O) groups excluding carboxylic acids is 2. The van der Waals surface area contributed by atoms with Crippen LogP contribution < -0.4 is 14.8 Å². The Balaban J connectivity index is 1.26. The zero-order chi connectivity index (χ0) is 20.2. The van der Waals surface area contributed by atoms with Gasteiger partial charge in [-0.05, 0) is 36.5 Å². The van der Waals surface area contributed by atoms with Gasteiger partial charge in [-0.1, -0.05) is 37.3 Å². The summed E-state index contributed by atoms with van der Waals surface area (Å²) in [6, 6.07) is 15.5. The van der Waals surface area contributed by atoms with Crippen LogP contribution in [0.15, 0.2) is 48.5 Å². The Hall–Kier alpha value is -3.02. The minimum Gasteiger partial charge on any atom is -0.454 e. The number of rotatable bonds is 5. The van der Waals surface area contributed by atoms with E-state index in [1.807, 2.05) is 29.2 Å². The predicted octanol–water partition coefficient (Wildman–Crippen LogP) is 3.79. The van der Waals surface area contributed by atoms with E-state index >= 15 is 0 Å². The fraction of sp³-hybridized carbons (Fsp3) is 0.391. The maximum atomic E-state index is 12.7. The van der Waals surface area contributed by atoms with E-state index in [9.17, 15) is 9.59 Å². The molecule has 0 spiro atoms. The SMILES string of the molecule is CC(CC(=O)N1CCC(C(=O)Nc2ccc3c(c2)OCO3)CC1)c1ccccc1. The van der Waals surface area contributed by atoms with E-state index < -0.39 is 0 Å². The molecule has 1 fully saturated rings. The molecule has 2 aliphatic rings. The molecule has 1 unspecified atom stereocenters. The van der Waals surface area contributed by atoms with Crippen LogP contribution >= 0.6 is 0 Å². The summed E-state index contributed by atoms with van der Waals surface area (Å²) in [4.78, 5) is 27.2. The van der Waals surface area contributed by atoms with Gasteiger partial charge in [0.25, 0.3) is 0 Å². The van der Waals surface area contributed by atoms with Crippen molar-refractivity contribution in [2.24, 2.45) is 5.92 Å². The van der Waals surface area contributed by atoms with Crippen LogP contribution in [0.2, 0.25) is 0 Å². The molecule has 0 bridgehead atoms. The van der Waals surface area contributed by atoms with E-state index in [4.69, 9.17) is 9.47 Å². The second kappa shape index (κ2) is 8.55. The van der Waals surface area contributed by atoms with Crippen molar-refractivity contribution in [3.63, 3.8) is 0 Å². The Morgan fingerprint density at radius 3 is 2.55 bits per heavy atom. The number of piperidine rings is 1. The lowest BCUT2D eigenvalue weighted by Gasteiger charge is -2.32. The van der Waals surface area contributed by atoms with E-state index in [2.05, 4.69) is 24.4 Å². The van der Waals surface area contributed by atoms with E-state index in [0.29, 0.717) is 49.5 Å². The number of amides is 2. The number of fused-ring (bicyclic) bond motifs is 1. The van der Waals surface area contributed by atoms with Crippen molar-refractivity contribution >= 4 is 17.5 Å². The first kappa shape index (κ1) is 19.3. The fourth-order valence-electron chi connectivity index (χ4n) is 3.90. The molecule has 1 N–H and O–H groups in total. The molecule has 29 heavy (non-hydrogen) atoms. The van der Waals surface area contributed by atoms with Gasteiger partial charge in [0.05, 0.1) is 0 Å². The highest BCUT2D eigenvalue weighted by molar-refractivity contribution is 5.93. The van der Waals surface area contributed by atoms with Crippen LogP contribution in [0.1, 0.15) is 37.7 Å². The van der Waals surface area contributed by atoms with Gasteiger partial charge in [-0.15, -0.1) is 0 Å². The molecule has 0 saturated carbocycles. The zero-order valence-electron chi connectivity index (χ0n) is 16.6. The molecule has 0 aliphatic carbocycles. The minimum atomic E-state index is -0.0870. The number of anilines is 1. The number of hydrogen-bond acceptors (Lipinski definition) is 4. The Labute approximate surface area is 170 Å². The van der Waals surface area contributed by atoms with Crippen LogP contribution in [0.5, 0.6) is 11.5 Å². The molecule has 2 aromatic carbocycles. The van der Waals surface area contributed by atoms with Crippen LogP contribution in [-0.2, 0) is 9.59 Å². The molecule has 6 nitrogen and oxygen atoms in total. The van der Waals surface area contributed by atoms with Crippen molar-refractivity contribution in [1.82, 2.24) is 4.90 Å². The summed E-state index contributed by atoms with van der Waals surface area (Å²) in [5.74, 6) is 1.60. The lowest BCUT2D eigenvalue weighted by Crippen LogP contribution is -2.41. The highest BCUT2D eigenvalue weighted by atomic mass is 16.7. The third kappa shape index (κ3) is 4.53. The maximum absolute atomic E-state index is 12.7. The molecule has 1 atom stereocenters. The largest absolute Gasteiger partial charge is 0.454 e. The first-order valence-corrected chi connectivity index (χ1v) is 10.1. The molecule has 1 saturated heterocycles. The van der Waals surface area contributed by atoms with Crippen LogP contribution in [0.25, 0.3) is 0 Å². The third-order valence-corrected chi connectivity index (χ3v) is 5.71. The first-order valence-electron chi connectivity index (χ1n) is 10.1. The number of ether oxygens (including phenoxy) is 2. The van der Waals surface area contributed by atoms with Crippen LogP contribution in [0.3, 0.4) is 0 Å². The smallest absolute Gasteiger partial charge is 0.231 e. The Kier molecular flexibility index (Phi) is 5.69. The summed E-state index contributed by atoms with van der Waals surface area (Å²) >= 11 is 0. The van der Waals surface area contributed by atoms with Crippen molar-refractivity contribution < 1.29 is 19.1 Å². The van der Waals surface area contributed by atoms with Crippen molar-refractivity contribution in [2.75, 3.05) is 25.2 Å². The number of nitrogens with one attached hydrogen (secondary N) is 1. The summed E-state index contributed by atoms with van der Waals surface area (Å²) in [6.07, 6.45) is 1.86. The molecular formula is C23H26N2O4. The maximum Gasteiger partial charge on any atom is 0.231 e. The summed E-state index contributed by atoms with van der Waals surface area (Å²) in [5, 5.41) is 2.96. The van der Waals surface area contributed by atoms with Gasteiger partial charge in [0.1, 0.15) is 0 Å². The quantitative estimate of drug-likeness (QED) is 0.838. The van der Waals surface area contributed by atoms with E-state index in [0.717, 1.165) is 0 Å². The van der Waals surface area contributed by atoms with Crippen LogP contribution in [0.4, 0.5) is 5.69 Å². The lowest BCUT2D eigenvalue weighted by molar-refractivity contribution is -0.134. The van der Waals surface area contributed by atoms with E-state index in [1.54, 1.807) is 12.1 Å². The number of likely N-dealkylation sites (tertiary alicyclic amines) is 1. The van der Waals surface area contributed by atoms with Gasteiger partial charge < -0.3 is 19.7 Å². The average Bonchev–Trinajstić information content (AvgIpc) is 3.22. The van der Waals surface area contributed by atoms with Gasteiger partial charge in [0.15, 0.2) is 11.5 Å². The van der Waals surface area contributed by atoms with Gasteiger partial charge in [-0.3, -0.25) is 9.59 Å². The first-order chi connectivity index (χ1) is 14.1. The number of hydrogen-bond donors (Lipinski definition) is 1. The second-order valence-electron chi connectivity index (χ2n) is 7.73. The summed E-state index contributed by atoms with van der Waals surface area (Å²) in [7, 11) is 0. The van der Waals surface area contributed by atoms with E-state index in [-0.39, 0.29) is 30.4 Å². The van der Waals surface area contributed by atoms with Crippen molar-refractivity contribution in [3.8, 4) is 11.5 Å². The molecule has 2 aliphatic heterocycles. The van der Waals surface area contributed by atoms with Gasteiger partial charge in [-0.2, -0.15) is 0 Å². The van der Waals surface area contributed by atoms with Gasteiger partial charge in [0, 0.05) is 37.2 Å². The van der Waals surface area contributed by atoms with E-state index in [1.165, 1.54) is 5.56 Å². The Morgan fingerprint density at radius 2 is 1.79 bits per heavy atom. The molecule has 152 valence electrons. The minimum absolute atomic E-state index is 0.00591. The van der Waals surface area contributed by atoms with Crippen molar-refractivity contribution in [2.45, 2.75) is 32.1 Å². The molecule has 0 radical (unpaired) electrons. The predicted molar refractivity (Wildman–Crippen MR) is 110 cm³/mol. The number of carbonyl (C=O) groups is 2. The Morgan fingerprint density at radius 1 is 1.07 bits per heavy atom. The zero-order valence-corrected chi connectivity index (χ0v) is 16.6. The van der Waals surface area contributed by atoms with Crippen molar-refractivity contribution in [3.05, 3.63) is 54.1 Å². The summed E-state index contributed by atoms with van der Waals surface area (Å²) in [5.41, 5.74) is 1.88. The Bertz CT molecular complexity index is 876. The monoisotopic (exact) mass is 394 g/mol. The molecule has 2 aromatic rings. The molecule has 2 amide bonds.